The highest BCUT2D eigenvalue weighted by molar-refractivity contribution is 7.90. The molecule has 0 fully saturated rings. The molecule has 0 unspecified atom stereocenters. The summed E-state index contributed by atoms with van der Waals surface area (Å²) in [7, 11) is -3.67. The maximum atomic E-state index is 12.2. The number of nitrogens with zero attached hydrogens (tertiary/aromatic N) is 2. The Morgan fingerprint density at radius 1 is 0.857 bits per heavy atom. The maximum absolute atomic E-state index is 12.2. The largest absolute Gasteiger partial charge is 0.285 e. The van der Waals surface area contributed by atoms with Crippen LogP contribution in [0.1, 0.15) is 29.5 Å². The molecule has 0 spiro atoms. The highest BCUT2D eigenvalue weighted by atomic mass is 32.2. The molecule has 5 nitrogen and oxygen atoms in total. The highest BCUT2D eigenvalue weighted by Gasteiger charge is 2.28. The van der Waals surface area contributed by atoms with Crippen LogP contribution in [0, 0.1) is 0 Å². The van der Waals surface area contributed by atoms with Crippen LogP contribution in [0.4, 0.5) is 0 Å². The zero-order chi connectivity index (χ0) is 19.6. The van der Waals surface area contributed by atoms with Crippen molar-refractivity contribution in [1.29, 1.82) is 0 Å². The van der Waals surface area contributed by atoms with Crippen molar-refractivity contribution < 1.29 is 8.42 Å². The third kappa shape index (κ3) is 3.46. The van der Waals surface area contributed by atoms with Crippen LogP contribution in [0.3, 0.4) is 0 Å². The van der Waals surface area contributed by atoms with Crippen LogP contribution in [0.2, 0.25) is 0 Å². The van der Waals surface area contributed by atoms with E-state index < -0.39 is 10.0 Å². The van der Waals surface area contributed by atoms with Crippen molar-refractivity contribution in [2.45, 2.75) is 17.7 Å². The molecule has 6 heteroatoms. The Morgan fingerprint density at radius 2 is 1.39 bits per heavy atom. The van der Waals surface area contributed by atoms with E-state index >= 15 is 0 Å². The second-order valence-electron chi connectivity index (χ2n) is 6.53. The molecule has 0 aromatic heterocycles. The molecule has 1 aliphatic rings. The Kier molecular flexibility index (Phi) is 4.79. The molecule has 140 valence electrons. The summed E-state index contributed by atoms with van der Waals surface area (Å²) >= 11 is 0. The normalized spacial score (nSPS) is 15.2. The van der Waals surface area contributed by atoms with Gasteiger partial charge in [-0.25, -0.2) is 0 Å². The topological polar surface area (TPSA) is 70.9 Å². The second-order valence-corrected chi connectivity index (χ2v) is 8.10. The highest BCUT2D eigenvalue weighted by Crippen LogP contribution is 2.27. The lowest BCUT2D eigenvalue weighted by atomic mass is 9.88. The van der Waals surface area contributed by atoms with E-state index in [0.717, 1.165) is 16.8 Å². The van der Waals surface area contributed by atoms with Gasteiger partial charge < -0.3 is 0 Å². The van der Waals surface area contributed by atoms with Crippen molar-refractivity contribution in [3.05, 3.63) is 102 Å². The average molecular weight is 389 g/mol. The van der Waals surface area contributed by atoms with Gasteiger partial charge in [0.05, 0.1) is 0 Å². The molecular weight excluding hydrogens is 370 g/mol. The smallest absolute Gasteiger partial charge is 0.260 e. The molecular formula is C22H19N3O2S. The summed E-state index contributed by atoms with van der Waals surface area (Å²) in [5.74, 6) is 0.193. The maximum Gasteiger partial charge on any atom is 0.285 e. The second kappa shape index (κ2) is 7.40. The Balaban J connectivity index is 1.69. The Labute approximate surface area is 164 Å². The van der Waals surface area contributed by atoms with Crippen molar-refractivity contribution in [1.82, 2.24) is 5.43 Å². The first-order valence-corrected chi connectivity index (χ1v) is 10.3. The number of nitrogens with one attached hydrogen (secondary N) is 1. The Hall–Kier alpha value is -3.25. The third-order valence-corrected chi connectivity index (χ3v) is 5.99. The van der Waals surface area contributed by atoms with E-state index in [2.05, 4.69) is 39.2 Å². The molecule has 1 heterocycles. The third-order valence-electron chi connectivity index (χ3n) is 4.65. The van der Waals surface area contributed by atoms with Crippen molar-refractivity contribution in [2.75, 3.05) is 0 Å². The molecule has 0 saturated heterocycles. The van der Waals surface area contributed by atoms with Gasteiger partial charge in [0.25, 0.3) is 10.0 Å². The molecule has 3 aromatic carbocycles. The van der Waals surface area contributed by atoms with Crippen LogP contribution in [0.5, 0.6) is 0 Å². The summed E-state index contributed by atoms with van der Waals surface area (Å²) in [6.45, 7) is 1.92. The van der Waals surface area contributed by atoms with Gasteiger partial charge in [0.2, 0.25) is 0 Å². The van der Waals surface area contributed by atoms with Crippen LogP contribution in [0.15, 0.2) is 99.3 Å². The van der Waals surface area contributed by atoms with E-state index in [1.54, 1.807) is 24.3 Å². The van der Waals surface area contributed by atoms with Crippen LogP contribution in [-0.2, 0) is 10.0 Å². The Morgan fingerprint density at radius 3 is 2.00 bits per heavy atom. The lowest BCUT2D eigenvalue weighted by molar-refractivity contribution is 0.599. The molecule has 0 saturated carbocycles. The fourth-order valence-electron chi connectivity index (χ4n) is 3.36. The number of hydrogen-bond donors (Lipinski definition) is 1. The molecule has 0 atom stereocenters. The fraction of sp³-hybridized carbons (Fsp3) is 0.0909. The minimum atomic E-state index is -3.67. The number of sulfonamides is 1. The van der Waals surface area contributed by atoms with E-state index in [-0.39, 0.29) is 16.6 Å². The Bertz CT molecular complexity index is 1120. The monoisotopic (exact) mass is 389 g/mol. The zero-order valence-corrected chi connectivity index (χ0v) is 16.1. The van der Waals surface area contributed by atoms with Crippen LogP contribution in [-0.4, -0.2) is 20.0 Å². The van der Waals surface area contributed by atoms with E-state index in [9.17, 15) is 8.42 Å². The molecule has 3 aromatic rings. The quantitative estimate of drug-likeness (QED) is 0.543. The summed E-state index contributed by atoms with van der Waals surface area (Å²) in [5, 5.41) is 4.50. The zero-order valence-electron chi connectivity index (χ0n) is 15.3. The molecule has 1 aliphatic heterocycles. The predicted molar refractivity (Wildman–Crippen MR) is 111 cm³/mol. The first-order chi connectivity index (χ1) is 13.6. The number of amidine groups is 1. The SMILES string of the molecule is C/C(=N\NC1=NS(=O)(=O)c2ccccc21)C(c1ccccc1)c1ccccc1. The predicted octanol–water partition coefficient (Wildman–Crippen LogP) is 3.93. The van der Waals surface area contributed by atoms with Gasteiger partial charge in [-0.2, -0.15) is 13.5 Å². The lowest BCUT2D eigenvalue weighted by Crippen LogP contribution is -2.21. The number of hydrazone groups is 1. The van der Waals surface area contributed by atoms with Crippen molar-refractivity contribution in [3.63, 3.8) is 0 Å². The molecule has 0 bridgehead atoms. The van der Waals surface area contributed by atoms with Gasteiger partial charge in [-0.15, -0.1) is 4.40 Å². The first-order valence-electron chi connectivity index (χ1n) is 8.91. The van der Waals surface area contributed by atoms with Crippen LogP contribution in [0.25, 0.3) is 0 Å². The lowest BCUT2D eigenvalue weighted by Gasteiger charge is -2.18. The molecule has 28 heavy (non-hydrogen) atoms. The molecule has 0 aliphatic carbocycles. The number of hydrogen-bond acceptors (Lipinski definition) is 4. The van der Waals surface area contributed by atoms with Gasteiger partial charge in [-0.05, 0) is 30.2 Å². The average Bonchev–Trinajstić information content (AvgIpc) is 2.99. The van der Waals surface area contributed by atoms with Crippen molar-refractivity contribution in [2.24, 2.45) is 9.50 Å². The van der Waals surface area contributed by atoms with Crippen molar-refractivity contribution >= 4 is 21.6 Å². The standard InChI is InChI=1S/C22H19N3O2S/c1-16(21(17-10-4-2-5-11-17)18-12-6-3-7-13-18)23-24-22-19-14-8-9-15-20(19)28(26,27)25-22/h2-15,21H,1H3,(H,24,25)/b23-16+. The summed E-state index contributed by atoms with van der Waals surface area (Å²) < 4.78 is 28.3. The van der Waals surface area contributed by atoms with E-state index in [4.69, 9.17) is 0 Å². The van der Waals surface area contributed by atoms with Crippen molar-refractivity contribution in [3.8, 4) is 0 Å². The van der Waals surface area contributed by atoms with Gasteiger partial charge in [0.15, 0.2) is 5.84 Å². The molecule has 1 N–H and O–H groups in total. The minimum absolute atomic E-state index is 0.0521. The van der Waals surface area contributed by atoms with Gasteiger partial charge in [0.1, 0.15) is 4.90 Å². The summed E-state index contributed by atoms with van der Waals surface area (Å²) in [4.78, 5) is 0.202. The number of benzene rings is 3. The number of rotatable bonds is 4. The summed E-state index contributed by atoms with van der Waals surface area (Å²) in [6.07, 6.45) is 0. The first kappa shape index (κ1) is 18.1. The molecule has 0 amide bonds. The minimum Gasteiger partial charge on any atom is -0.260 e. The van der Waals surface area contributed by atoms with E-state index in [0.29, 0.717) is 5.56 Å². The van der Waals surface area contributed by atoms with Crippen LogP contribution < -0.4 is 5.43 Å². The summed E-state index contributed by atoms with van der Waals surface area (Å²) in [6, 6.07) is 26.9. The van der Waals surface area contributed by atoms with Gasteiger partial charge in [-0.1, -0.05) is 72.8 Å². The van der Waals surface area contributed by atoms with Gasteiger partial charge in [-0.3, -0.25) is 5.43 Å². The molecule has 0 radical (unpaired) electrons. The fourth-order valence-corrected chi connectivity index (χ4v) is 4.53. The number of fused-ring (bicyclic) bond motifs is 1. The van der Waals surface area contributed by atoms with Crippen LogP contribution >= 0.6 is 0 Å². The van der Waals surface area contributed by atoms with E-state index in [1.807, 2.05) is 43.3 Å². The van der Waals surface area contributed by atoms with Gasteiger partial charge in [0, 0.05) is 17.2 Å². The van der Waals surface area contributed by atoms with Gasteiger partial charge >= 0.3 is 0 Å². The summed E-state index contributed by atoms with van der Waals surface area (Å²) in [5.41, 5.74) is 6.44. The molecule has 4 rings (SSSR count). The van der Waals surface area contributed by atoms with E-state index in [1.165, 1.54) is 0 Å².